The maximum atomic E-state index is 12.8. The highest BCUT2D eigenvalue weighted by molar-refractivity contribution is 7.81. The fraction of sp³-hybridized carbons (Fsp3) is 0.900. The van der Waals surface area contributed by atoms with Gasteiger partial charge in [-0.05, 0) is 63.0 Å². The topological polar surface area (TPSA) is 20.3 Å². The van der Waals surface area contributed by atoms with Crippen molar-refractivity contribution in [3.8, 4) is 0 Å². The molecule has 4 heteroatoms. The molecule has 0 aromatic carbocycles. The Morgan fingerprint density at radius 2 is 1.32 bits per heavy atom. The molecule has 0 aliphatic heterocycles. The molecule has 0 spiro atoms. The standard InChI is InChI=1S/C16H27NOS2.C6H14.C4H8.2C2H6/c1-3-17(12-4-6-13(19)7-5-12)16(18)15-9-8-14(20)10-11(15)2;1-4-6(3)5-2;1-2-4-3-1;2*1-2/h3,11-15,19-20H,1,4-10H2,2H3;6H,4-5H2,1-3H3;1-4H2;2*1-2H3. The second-order valence-corrected chi connectivity index (χ2v) is 11.2. The first-order valence-corrected chi connectivity index (χ1v) is 15.7. The van der Waals surface area contributed by atoms with Gasteiger partial charge in [0.2, 0.25) is 5.91 Å². The van der Waals surface area contributed by atoms with Crippen molar-refractivity contribution in [2.45, 2.75) is 155 Å². The lowest BCUT2D eigenvalue weighted by Crippen LogP contribution is -2.44. The van der Waals surface area contributed by atoms with Crippen LogP contribution in [0.15, 0.2) is 12.8 Å². The third kappa shape index (κ3) is 15.1. The monoisotopic (exact) mass is 515 g/mol. The van der Waals surface area contributed by atoms with Crippen molar-refractivity contribution >= 4 is 31.2 Å². The molecule has 0 heterocycles. The Kier molecular flexibility index (Phi) is 24.7. The summed E-state index contributed by atoms with van der Waals surface area (Å²) in [6.45, 7) is 20.8. The van der Waals surface area contributed by atoms with Gasteiger partial charge in [-0.2, -0.15) is 25.3 Å². The molecule has 0 saturated heterocycles. The fourth-order valence-electron chi connectivity index (χ4n) is 4.22. The van der Waals surface area contributed by atoms with Gasteiger partial charge in [0.05, 0.1) is 0 Å². The molecule has 2 nitrogen and oxygen atoms in total. The van der Waals surface area contributed by atoms with Gasteiger partial charge in [0, 0.05) is 22.5 Å². The average Bonchev–Trinajstić information content (AvgIpc) is 2.82. The first kappa shape index (κ1) is 36.1. The first-order chi connectivity index (χ1) is 16.3. The summed E-state index contributed by atoms with van der Waals surface area (Å²) in [6.07, 6.45) is 17.8. The van der Waals surface area contributed by atoms with E-state index in [1.807, 2.05) is 32.6 Å². The number of carbonyl (C=O) groups excluding carboxylic acids is 1. The van der Waals surface area contributed by atoms with Crippen LogP contribution in [-0.4, -0.2) is 27.3 Å². The summed E-state index contributed by atoms with van der Waals surface area (Å²) in [5.74, 6) is 1.81. The summed E-state index contributed by atoms with van der Waals surface area (Å²) in [7, 11) is 0. The van der Waals surface area contributed by atoms with Crippen molar-refractivity contribution in [3.63, 3.8) is 0 Å². The van der Waals surface area contributed by atoms with Crippen LogP contribution >= 0.6 is 25.3 Å². The van der Waals surface area contributed by atoms with Crippen LogP contribution in [0.1, 0.15) is 139 Å². The predicted molar refractivity (Wildman–Crippen MR) is 162 cm³/mol. The Hall–Kier alpha value is -0.0900. The highest BCUT2D eigenvalue weighted by atomic mass is 32.1. The lowest BCUT2D eigenvalue weighted by molar-refractivity contribution is -0.138. The summed E-state index contributed by atoms with van der Waals surface area (Å²) in [4.78, 5) is 14.8. The van der Waals surface area contributed by atoms with Gasteiger partial charge in [0.15, 0.2) is 0 Å². The van der Waals surface area contributed by atoms with Crippen LogP contribution in [0, 0.1) is 17.8 Å². The molecule has 34 heavy (non-hydrogen) atoms. The fourth-order valence-corrected chi connectivity index (χ4v) is 5.00. The highest BCUT2D eigenvalue weighted by Gasteiger charge is 2.36. The van der Waals surface area contributed by atoms with Crippen molar-refractivity contribution in [2.75, 3.05) is 0 Å². The SMILES string of the molecule is C1CCC1.C=CN(C(=O)C1CCC(S)CC1C)C1CCC(S)CC1.CC.CC.CCC(C)CC. The average molecular weight is 516 g/mol. The highest BCUT2D eigenvalue weighted by Crippen LogP contribution is 2.35. The van der Waals surface area contributed by atoms with Crippen LogP contribution in [0.5, 0.6) is 0 Å². The van der Waals surface area contributed by atoms with Crippen LogP contribution in [0.25, 0.3) is 0 Å². The van der Waals surface area contributed by atoms with E-state index in [1.54, 1.807) is 6.20 Å². The lowest BCUT2D eigenvalue weighted by atomic mass is 9.79. The van der Waals surface area contributed by atoms with Gasteiger partial charge in [-0.25, -0.2) is 0 Å². The van der Waals surface area contributed by atoms with Crippen molar-refractivity contribution < 1.29 is 4.79 Å². The van der Waals surface area contributed by atoms with Gasteiger partial charge in [0.25, 0.3) is 0 Å². The molecule has 3 saturated carbocycles. The number of hydrogen-bond acceptors (Lipinski definition) is 3. The molecule has 0 bridgehead atoms. The molecule has 0 aromatic heterocycles. The van der Waals surface area contributed by atoms with E-state index >= 15 is 0 Å². The molecule has 3 unspecified atom stereocenters. The zero-order chi connectivity index (χ0) is 26.5. The van der Waals surface area contributed by atoms with Crippen LogP contribution in [0.2, 0.25) is 0 Å². The van der Waals surface area contributed by atoms with E-state index in [0.717, 1.165) is 50.9 Å². The van der Waals surface area contributed by atoms with Crippen LogP contribution in [0.3, 0.4) is 0 Å². The molecule has 3 atom stereocenters. The Balaban J connectivity index is 0. The number of hydrogen-bond donors (Lipinski definition) is 2. The normalized spacial score (nSPS) is 27.4. The van der Waals surface area contributed by atoms with Gasteiger partial charge in [-0.1, -0.05) is 100 Å². The number of amides is 1. The molecule has 0 N–H and O–H groups in total. The molecule has 0 aromatic rings. The van der Waals surface area contributed by atoms with E-state index in [1.165, 1.54) is 38.5 Å². The minimum Gasteiger partial charge on any atom is -0.316 e. The molecule has 204 valence electrons. The quantitative estimate of drug-likeness (QED) is 0.349. The van der Waals surface area contributed by atoms with E-state index in [-0.39, 0.29) is 11.8 Å². The van der Waals surface area contributed by atoms with Crippen molar-refractivity contribution in [1.82, 2.24) is 4.90 Å². The van der Waals surface area contributed by atoms with E-state index in [4.69, 9.17) is 0 Å². The smallest absolute Gasteiger partial charge is 0.230 e. The van der Waals surface area contributed by atoms with Crippen molar-refractivity contribution in [2.24, 2.45) is 17.8 Å². The minimum absolute atomic E-state index is 0.158. The summed E-state index contributed by atoms with van der Waals surface area (Å²) >= 11 is 9.10. The van der Waals surface area contributed by atoms with Gasteiger partial charge in [-0.3, -0.25) is 4.79 Å². The third-order valence-electron chi connectivity index (χ3n) is 7.36. The Morgan fingerprint density at radius 3 is 1.65 bits per heavy atom. The summed E-state index contributed by atoms with van der Waals surface area (Å²) in [6, 6.07) is 0.337. The number of thiol groups is 2. The van der Waals surface area contributed by atoms with Gasteiger partial charge >= 0.3 is 0 Å². The zero-order valence-corrected chi connectivity index (χ0v) is 26.0. The van der Waals surface area contributed by atoms with Crippen molar-refractivity contribution in [1.29, 1.82) is 0 Å². The number of nitrogens with zero attached hydrogens (tertiary/aromatic N) is 1. The minimum atomic E-state index is 0.158. The third-order valence-corrected chi connectivity index (χ3v) is 8.35. The van der Waals surface area contributed by atoms with Gasteiger partial charge in [-0.15, -0.1) is 0 Å². The second-order valence-electron chi connectivity index (χ2n) is 9.78. The summed E-state index contributed by atoms with van der Waals surface area (Å²) in [5, 5.41) is 0.970. The van der Waals surface area contributed by atoms with E-state index < -0.39 is 0 Å². The molecular weight excluding hydrogens is 454 g/mol. The molecule has 3 fully saturated rings. The Bertz CT molecular complexity index is 464. The van der Waals surface area contributed by atoms with E-state index in [2.05, 4.69) is 59.5 Å². The Morgan fingerprint density at radius 1 is 0.882 bits per heavy atom. The molecule has 3 rings (SSSR count). The lowest BCUT2D eigenvalue weighted by Gasteiger charge is -2.39. The van der Waals surface area contributed by atoms with Gasteiger partial charge < -0.3 is 4.90 Å². The molecule has 0 radical (unpaired) electrons. The van der Waals surface area contributed by atoms with Crippen LogP contribution in [0.4, 0.5) is 0 Å². The van der Waals surface area contributed by atoms with Crippen LogP contribution < -0.4 is 0 Å². The number of carbonyl (C=O) groups is 1. The molecule has 1 amide bonds. The van der Waals surface area contributed by atoms with Crippen LogP contribution in [-0.2, 0) is 4.79 Å². The Labute approximate surface area is 226 Å². The summed E-state index contributed by atoms with van der Waals surface area (Å²) in [5.41, 5.74) is 0. The van der Waals surface area contributed by atoms with E-state index in [0.29, 0.717) is 22.5 Å². The molecule has 3 aliphatic rings. The van der Waals surface area contributed by atoms with E-state index in [9.17, 15) is 4.79 Å². The second kappa shape index (κ2) is 23.3. The largest absolute Gasteiger partial charge is 0.316 e. The number of rotatable bonds is 5. The maximum Gasteiger partial charge on any atom is 0.230 e. The molecular formula is C30H61NOS2. The first-order valence-electron chi connectivity index (χ1n) is 14.6. The summed E-state index contributed by atoms with van der Waals surface area (Å²) < 4.78 is 0. The maximum absolute atomic E-state index is 12.8. The zero-order valence-electron chi connectivity index (χ0n) is 24.2. The predicted octanol–water partition coefficient (Wildman–Crippen LogP) is 9.99. The van der Waals surface area contributed by atoms with Gasteiger partial charge in [0.1, 0.15) is 0 Å². The molecule has 3 aliphatic carbocycles. The van der Waals surface area contributed by atoms with Crippen molar-refractivity contribution in [3.05, 3.63) is 12.8 Å².